The van der Waals surface area contributed by atoms with Crippen molar-refractivity contribution in [3.8, 4) is 22.8 Å². The number of fused-ring (bicyclic) bond motifs is 1. The fourth-order valence-corrected chi connectivity index (χ4v) is 2.35. The second-order valence-corrected chi connectivity index (χ2v) is 4.88. The fraction of sp³-hybridized carbons (Fsp3) is 0.188. The Morgan fingerprint density at radius 3 is 2.61 bits per heavy atom. The number of nitrogens with zero attached hydrogens (tertiary/aromatic N) is 3. The van der Waals surface area contributed by atoms with Crippen LogP contribution >= 0.6 is 0 Å². The zero-order chi connectivity index (χ0) is 16.4. The number of hydrogen-bond donors (Lipinski definition) is 1. The molecule has 0 unspecified atom stereocenters. The maximum Gasteiger partial charge on any atom is 0.222 e. The molecular weight excluding hydrogens is 296 g/mol. The molecule has 7 heteroatoms. The quantitative estimate of drug-likeness (QED) is 0.800. The molecule has 1 N–H and O–H groups in total. The lowest BCUT2D eigenvalue weighted by atomic mass is 10.1. The summed E-state index contributed by atoms with van der Waals surface area (Å²) in [5, 5.41) is 7.04. The molecule has 0 spiro atoms. The third kappa shape index (κ3) is 2.80. The number of carbonyl (C=O) groups is 1. The number of anilines is 1. The smallest absolute Gasteiger partial charge is 0.222 e. The summed E-state index contributed by atoms with van der Waals surface area (Å²) in [5.41, 5.74) is 2.36. The van der Waals surface area contributed by atoms with Crippen LogP contribution in [-0.2, 0) is 4.79 Å². The molecule has 0 aliphatic heterocycles. The molecule has 0 saturated carbocycles. The molecule has 2 aromatic heterocycles. The largest absolute Gasteiger partial charge is 0.493 e. The first-order chi connectivity index (χ1) is 11.1. The number of hydrogen-bond acceptors (Lipinski definition) is 5. The first-order valence-corrected chi connectivity index (χ1v) is 6.97. The Bertz CT molecular complexity index is 873. The van der Waals surface area contributed by atoms with Crippen LogP contribution in [0, 0.1) is 0 Å². The van der Waals surface area contributed by atoms with E-state index in [9.17, 15) is 4.79 Å². The predicted octanol–water partition coefficient (Wildman–Crippen LogP) is 2.37. The van der Waals surface area contributed by atoms with E-state index >= 15 is 0 Å². The molecule has 1 amide bonds. The third-order valence-electron chi connectivity index (χ3n) is 3.34. The lowest BCUT2D eigenvalue weighted by Gasteiger charge is -2.10. The molecule has 0 saturated heterocycles. The van der Waals surface area contributed by atoms with Gasteiger partial charge >= 0.3 is 0 Å². The molecule has 3 aromatic rings. The van der Waals surface area contributed by atoms with Gasteiger partial charge in [0, 0.05) is 24.8 Å². The Labute approximate surface area is 132 Å². The highest BCUT2D eigenvalue weighted by molar-refractivity contribution is 5.88. The predicted molar refractivity (Wildman–Crippen MR) is 85.8 cm³/mol. The number of rotatable bonds is 4. The fourth-order valence-electron chi connectivity index (χ4n) is 2.35. The molecular formula is C16H16N4O3. The molecule has 23 heavy (non-hydrogen) atoms. The Morgan fingerprint density at radius 1 is 1.13 bits per heavy atom. The molecule has 0 fully saturated rings. The normalized spacial score (nSPS) is 10.6. The third-order valence-corrected chi connectivity index (χ3v) is 3.34. The molecule has 0 aliphatic rings. The summed E-state index contributed by atoms with van der Waals surface area (Å²) in [6.07, 6.45) is 1.70. The van der Waals surface area contributed by atoms with Gasteiger partial charge in [-0.25, -0.2) is 9.50 Å². The van der Waals surface area contributed by atoms with Crippen molar-refractivity contribution in [3.05, 3.63) is 36.5 Å². The minimum absolute atomic E-state index is 0.180. The summed E-state index contributed by atoms with van der Waals surface area (Å²) in [7, 11) is 3.18. The molecule has 2 heterocycles. The molecule has 0 atom stereocenters. The Morgan fingerprint density at radius 2 is 1.91 bits per heavy atom. The van der Waals surface area contributed by atoms with Crippen molar-refractivity contribution in [1.29, 1.82) is 0 Å². The number of carbonyl (C=O) groups excluding carboxylic acids is 1. The summed E-state index contributed by atoms with van der Waals surface area (Å²) in [6, 6.07) is 9.17. The van der Waals surface area contributed by atoms with Crippen molar-refractivity contribution < 1.29 is 14.3 Å². The van der Waals surface area contributed by atoms with Gasteiger partial charge in [0.05, 0.1) is 19.9 Å². The van der Waals surface area contributed by atoms with E-state index in [2.05, 4.69) is 15.4 Å². The number of benzene rings is 1. The van der Waals surface area contributed by atoms with E-state index in [1.165, 1.54) is 6.92 Å². The summed E-state index contributed by atoms with van der Waals surface area (Å²) < 4.78 is 12.3. The summed E-state index contributed by atoms with van der Waals surface area (Å²) in [4.78, 5) is 15.5. The summed E-state index contributed by atoms with van der Waals surface area (Å²) in [6.45, 7) is 1.44. The van der Waals surface area contributed by atoms with E-state index in [4.69, 9.17) is 9.47 Å². The second-order valence-electron chi connectivity index (χ2n) is 4.88. The average Bonchev–Trinajstić information content (AvgIpc) is 2.95. The van der Waals surface area contributed by atoms with Crippen LogP contribution in [0.2, 0.25) is 0 Å². The van der Waals surface area contributed by atoms with E-state index < -0.39 is 0 Å². The van der Waals surface area contributed by atoms with Gasteiger partial charge in [-0.05, 0) is 24.3 Å². The lowest BCUT2D eigenvalue weighted by molar-refractivity contribution is -0.114. The standard InChI is InChI=1S/C16H16N4O3/c1-10(21)18-15-9-16-17-7-6-12(20(16)19-15)11-4-5-13(22-2)14(8-11)23-3/h4-9H,1-3H3,(H,18,19,21). The topological polar surface area (TPSA) is 77.8 Å². The molecule has 7 nitrogen and oxygen atoms in total. The second kappa shape index (κ2) is 5.96. The number of nitrogens with one attached hydrogen (secondary N) is 1. The van der Waals surface area contributed by atoms with Crippen LogP contribution in [0.5, 0.6) is 11.5 Å². The summed E-state index contributed by atoms with van der Waals surface area (Å²) >= 11 is 0. The Hall–Kier alpha value is -3.09. The minimum Gasteiger partial charge on any atom is -0.493 e. The van der Waals surface area contributed by atoms with Crippen molar-refractivity contribution in [1.82, 2.24) is 14.6 Å². The van der Waals surface area contributed by atoms with Crippen LogP contribution in [0.1, 0.15) is 6.92 Å². The van der Waals surface area contributed by atoms with Crippen LogP contribution in [0.3, 0.4) is 0 Å². The maximum absolute atomic E-state index is 11.2. The van der Waals surface area contributed by atoms with Gasteiger partial charge in [0.25, 0.3) is 0 Å². The molecule has 3 rings (SSSR count). The number of amides is 1. The zero-order valence-corrected chi connectivity index (χ0v) is 13.0. The van der Waals surface area contributed by atoms with Crippen LogP contribution in [0.25, 0.3) is 16.9 Å². The van der Waals surface area contributed by atoms with Gasteiger partial charge in [0.1, 0.15) is 0 Å². The molecule has 0 radical (unpaired) electrons. The van der Waals surface area contributed by atoms with Crippen molar-refractivity contribution >= 4 is 17.4 Å². The Balaban J connectivity index is 2.12. The average molecular weight is 312 g/mol. The highest BCUT2D eigenvalue weighted by Crippen LogP contribution is 2.32. The molecule has 1 aromatic carbocycles. The van der Waals surface area contributed by atoms with E-state index in [0.717, 1.165) is 11.3 Å². The number of methoxy groups -OCH3 is 2. The van der Waals surface area contributed by atoms with Crippen molar-refractivity contribution in [2.45, 2.75) is 6.92 Å². The van der Waals surface area contributed by atoms with Gasteiger partial charge in [-0.2, -0.15) is 0 Å². The number of aromatic nitrogens is 3. The van der Waals surface area contributed by atoms with Gasteiger partial charge in [-0.1, -0.05) is 0 Å². The summed E-state index contributed by atoms with van der Waals surface area (Å²) in [5.74, 6) is 1.56. The van der Waals surface area contributed by atoms with Crippen molar-refractivity contribution in [2.75, 3.05) is 19.5 Å². The van der Waals surface area contributed by atoms with Crippen LogP contribution in [0.15, 0.2) is 36.5 Å². The van der Waals surface area contributed by atoms with E-state index in [1.54, 1.807) is 31.0 Å². The Kier molecular flexibility index (Phi) is 3.84. The first-order valence-electron chi connectivity index (χ1n) is 6.97. The highest BCUT2D eigenvalue weighted by Gasteiger charge is 2.12. The van der Waals surface area contributed by atoms with Gasteiger partial charge in [-0.3, -0.25) is 4.79 Å². The van der Waals surface area contributed by atoms with Gasteiger partial charge in [-0.15, -0.1) is 5.10 Å². The van der Waals surface area contributed by atoms with Crippen LogP contribution in [-0.4, -0.2) is 34.7 Å². The molecule has 0 bridgehead atoms. The monoisotopic (exact) mass is 312 g/mol. The van der Waals surface area contributed by atoms with Crippen molar-refractivity contribution in [3.63, 3.8) is 0 Å². The van der Waals surface area contributed by atoms with E-state index in [-0.39, 0.29) is 5.91 Å². The maximum atomic E-state index is 11.2. The van der Waals surface area contributed by atoms with Gasteiger partial charge < -0.3 is 14.8 Å². The number of ether oxygens (including phenoxy) is 2. The minimum atomic E-state index is -0.180. The lowest BCUT2D eigenvalue weighted by Crippen LogP contribution is -2.06. The van der Waals surface area contributed by atoms with Gasteiger partial charge in [0.2, 0.25) is 5.91 Å². The van der Waals surface area contributed by atoms with Crippen molar-refractivity contribution in [2.24, 2.45) is 0 Å². The molecule has 118 valence electrons. The highest BCUT2D eigenvalue weighted by atomic mass is 16.5. The zero-order valence-electron chi connectivity index (χ0n) is 13.0. The van der Waals surface area contributed by atoms with Gasteiger partial charge in [0.15, 0.2) is 23.0 Å². The first kappa shape index (κ1) is 14.8. The van der Waals surface area contributed by atoms with E-state index in [0.29, 0.717) is 23.0 Å². The molecule has 0 aliphatic carbocycles. The van der Waals surface area contributed by atoms with E-state index in [1.807, 2.05) is 24.3 Å². The van der Waals surface area contributed by atoms with Crippen LogP contribution in [0.4, 0.5) is 5.82 Å². The van der Waals surface area contributed by atoms with Crippen LogP contribution < -0.4 is 14.8 Å². The SMILES string of the molecule is COc1ccc(-c2ccnc3cc(NC(C)=O)nn23)cc1OC.